The molecule has 2 rings (SSSR count). The highest BCUT2D eigenvalue weighted by Crippen LogP contribution is 2.24. The summed E-state index contributed by atoms with van der Waals surface area (Å²) in [7, 11) is -1.96. The van der Waals surface area contributed by atoms with Gasteiger partial charge in [0.05, 0.1) is 26.0 Å². The minimum atomic E-state index is -3.52. The van der Waals surface area contributed by atoms with Crippen LogP contribution in [0, 0.1) is 0 Å². The quantitative estimate of drug-likeness (QED) is 0.767. The van der Waals surface area contributed by atoms with E-state index >= 15 is 0 Å². The summed E-state index contributed by atoms with van der Waals surface area (Å²) in [5.41, 5.74) is 1.65. The Morgan fingerprint density at radius 2 is 1.73 bits per heavy atom. The Morgan fingerprint density at radius 3 is 2.35 bits per heavy atom. The molecule has 0 saturated carbocycles. The normalized spacial score (nSPS) is 12.6. The van der Waals surface area contributed by atoms with Gasteiger partial charge in [0.1, 0.15) is 5.75 Å². The van der Waals surface area contributed by atoms with Crippen molar-refractivity contribution in [3.05, 3.63) is 65.7 Å². The predicted molar refractivity (Wildman–Crippen MR) is 101 cm³/mol. The summed E-state index contributed by atoms with van der Waals surface area (Å²) in [6.07, 6.45) is 1.10. The molecule has 0 fully saturated rings. The fourth-order valence-electron chi connectivity index (χ4n) is 2.63. The van der Waals surface area contributed by atoms with E-state index in [1.54, 1.807) is 7.11 Å². The van der Waals surface area contributed by atoms with Crippen molar-refractivity contribution in [2.45, 2.75) is 19.5 Å². The van der Waals surface area contributed by atoms with E-state index in [9.17, 15) is 13.2 Å². The van der Waals surface area contributed by atoms with Crippen LogP contribution in [-0.2, 0) is 21.4 Å². The Morgan fingerprint density at radius 1 is 1.12 bits per heavy atom. The molecule has 2 aromatic rings. The van der Waals surface area contributed by atoms with Crippen LogP contribution in [0.15, 0.2) is 54.6 Å². The molecular formula is C19H24N2O4S. The lowest BCUT2D eigenvalue weighted by Crippen LogP contribution is -2.40. The lowest BCUT2D eigenvalue weighted by atomic mass is 10.1. The fourth-order valence-corrected chi connectivity index (χ4v) is 3.36. The SMILES string of the molecule is COc1ccccc1[C@H](C)NC(=O)CN(Cc1ccccc1)S(C)(=O)=O. The number of carbonyl (C=O) groups is 1. The number of para-hydroxylation sites is 1. The van der Waals surface area contributed by atoms with Gasteiger partial charge in [0, 0.05) is 12.1 Å². The number of carbonyl (C=O) groups excluding carboxylic acids is 1. The lowest BCUT2D eigenvalue weighted by Gasteiger charge is -2.22. The molecule has 0 aromatic heterocycles. The molecule has 0 unspecified atom stereocenters. The first-order valence-electron chi connectivity index (χ1n) is 8.22. The largest absolute Gasteiger partial charge is 0.496 e. The molecule has 0 radical (unpaired) electrons. The second-order valence-corrected chi connectivity index (χ2v) is 8.03. The highest BCUT2D eigenvalue weighted by atomic mass is 32.2. The van der Waals surface area contributed by atoms with Gasteiger partial charge in [-0.3, -0.25) is 4.79 Å². The monoisotopic (exact) mass is 376 g/mol. The molecule has 0 spiro atoms. The standard InChI is InChI=1S/C19H24N2O4S/c1-15(17-11-7-8-12-18(17)25-2)20-19(22)14-21(26(3,23)24)13-16-9-5-4-6-10-16/h4-12,15H,13-14H2,1-3H3,(H,20,22)/t15-/m0/s1. The summed E-state index contributed by atoms with van der Waals surface area (Å²) >= 11 is 0. The van der Waals surface area contributed by atoms with Crippen molar-refractivity contribution in [1.29, 1.82) is 0 Å². The molecular weight excluding hydrogens is 352 g/mol. The van der Waals surface area contributed by atoms with Crippen molar-refractivity contribution in [2.75, 3.05) is 19.9 Å². The molecule has 0 aliphatic rings. The summed E-state index contributed by atoms with van der Waals surface area (Å²) in [6, 6.07) is 16.3. The molecule has 7 heteroatoms. The van der Waals surface area contributed by atoms with Crippen molar-refractivity contribution in [2.24, 2.45) is 0 Å². The third kappa shape index (κ3) is 5.57. The molecule has 1 N–H and O–H groups in total. The van der Waals surface area contributed by atoms with Crippen molar-refractivity contribution >= 4 is 15.9 Å². The van der Waals surface area contributed by atoms with Gasteiger partial charge in [-0.1, -0.05) is 48.5 Å². The van der Waals surface area contributed by atoms with Crippen LogP contribution in [0.4, 0.5) is 0 Å². The second kappa shape index (κ2) is 8.82. The average molecular weight is 376 g/mol. The van der Waals surface area contributed by atoms with E-state index in [1.165, 1.54) is 0 Å². The van der Waals surface area contributed by atoms with E-state index in [-0.39, 0.29) is 25.0 Å². The van der Waals surface area contributed by atoms with Gasteiger partial charge in [-0.15, -0.1) is 0 Å². The topological polar surface area (TPSA) is 75.7 Å². The molecule has 2 aromatic carbocycles. The first-order valence-corrected chi connectivity index (χ1v) is 10.1. The number of methoxy groups -OCH3 is 1. The average Bonchev–Trinajstić information content (AvgIpc) is 2.61. The number of nitrogens with zero attached hydrogens (tertiary/aromatic N) is 1. The van der Waals surface area contributed by atoms with Gasteiger partial charge in [-0.25, -0.2) is 8.42 Å². The number of nitrogens with one attached hydrogen (secondary N) is 1. The van der Waals surface area contributed by atoms with Crippen LogP contribution in [0.1, 0.15) is 24.1 Å². The van der Waals surface area contributed by atoms with Crippen LogP contribution >= 0.6 is 0 Å². The zero-order valence-electron chi connectivity index (χ0n) is 15.2. The molecule has 0 aliphatic carbocycles. The number of hydrogen-bond donors (Lipinski definition) is 1. The van der Waals surface area contributed by atoms with Crippen molar-refractivity contribution in [3.8, 4) is 5.75 Å². The molecule has 1 amide bonds. The van der Waals surface area contributed by atoms with Crippen molar-refractivity contribution < 1.29 is 17.9 Å². The number of rotatable bonds is 8. The number of ether oxygens (including phenoxy) is 1. The highest BCUT2D eigenvalue weighted by Gasteiger charge is 2.22. The van der Waals surface area contributed by atoms with Crippen LogP contribution in [0.3, 0.4) is 0 Å². The molecule has 0 aliphatic heterocycles. The second-order valence-electron chi connectivity index (χ2n) is 6.05. The predicted octanol–water partition coefficient (Wildman–Crippen LogP) is 2.33. The third-order valence-electron chi connectivity index (χ3n) is 3.97. The number of amides is 1. The van der Waals surface area contributed by atoms with Gasteiger partial charge >= 0.3 is 0 Å². The molecule has 6 nitrogen and oxygen atoms in total. The smallest absolute Gasteiger partial charge is 0.235 e. The third-order valence-corrected chi connectivity index (χ3v) is 5.17. The van der Waals surface area contributed by atoms with E-state index in [4.69, 9.17) is 4.74 Å². The summed E-state index contributed by atoms with van der Waals surface area (Å²) in [6.45, 7) is 1.74. The molecule has 0 heterocycles. The van der Waals surface area contributed by atoms with E-state index in [0.717, 1.165) is 21.7 Å². The molecule has 0 bridgehead atoms. The molecule has 140 valence electrons. The first-order chi connectivity index (χ1) is 12.3. The maximum absolute atomic E-state index is 12.4. The number of sulfonamides is 1. The molecule has 0 saturated heterocycles. The Balaban J connectivity index is 2.07. The van der Waals surface area contributed by atoms with Crippen LogP contribution in [0.25, 0.3) is 0 Å². The van der Waals surface area contributed by atoms with Crippen LogP contribution in [-0.4, -0.2) is 38.5 Å². The van der Waals surface area contributed by atoms with E-state index < -0.39 is 10.0 Å². The minimum absolute atomic E-state index is 0.149. The zero-order valence-corrected chi connectivity index (χ0v) is 16.0. The number of hydrogen-bond acceptors (Lipinski definition) is 4. The Bertz CT molecular complexity index is 838. The van der Waals surface area contributed by atoms with Crippen molar-refractivity contribution in [1.82, 2.24) is 9.62 Å². The summed E-state index contributed by atoms with van der Waals surface area (Å²) in [5.74, 6) is 0.300. The van der Waals surface area contributed by atoms with Gasteiger partial charge < -0.3 is 10.1 Å². The zero-order chi connectivity index (χ0) is 19.2. The Kier molecular flexibility index (Phi) is 6.76. The van der Waals surface area contributed by atoms with Gasteiger partial charge in [0.25, 0.3) is 0 Å². The maximum atomic E-state index is 12.4. The maximum Gasteiger partial charge on any atom is 0.235 e. The highest BCUT2D eigenvalue weighted by molar-refractivity contribution is 7.88. The first kappa shape index (κ1) is 19.9. The molecule has 26 heavy (non-hydrogen) atoms. The van der Waals surface area contributed by atoms with E-state index in [1.807, 2.05) is 61.5 Å². The van der Waals surface area contributed by atoms with Gasteiger partial charge in [0.15, 0.2) is 0 Å². The van der Waals surface area contributed by atoms with Gasteiger partial charge in [-0.05, 0) is 18.6 Å². The fraction of sp³-hybridized carbons (Fsp3) is 0.316. The van der Waals surface area contributed by atoms with Gasteiger partial charge in [-0.2, -0.15) is 4.31 Å². The van der Waals surface area contributed by atoms with Crippen LogP contribution in [0.2, 0.25) is 0 Å². The van der Waals surface area contributed by atoms with Gasteiger partial charge in [0.2, 0.25) is 15.9 Å². The summed E-state index contributed by atoms with van der Waals surface area (Å²) in [4.78, 5) is 12.4. The lowest BCUT2D eigenvalue weighted by molar-refractivity contribution is -0.122. The van der Waals surface area contributed by atoms with Crippen molar-refractivity contribution in [3.63, 3.8) is 0 Å². The van der Waals surface area contributed by atoms with Crippen LogP contribution in [0.5, 0.6) is 5.75 Å². The van der Waals surface area contributed by atoms with Crippen LogP contribution < -0.4 is 10.1 Å². The Hall–Kier alpha value is -2.38. The summed E-state index contributed by atoms with van der Waals surface area (Å²) < 4.78 is 30.6. The van der Waals surface area contributed by atoms with E-state index in [0.29, 0.717) is 5.75 Å². The summed E-state index contributed by atoms with van der Waals surface area (Å²) in [5, 5.41) is 2.83. The Labute approximate surface area is 154 Å². The number of benzene rings is 2. The minimum Gasteiger partial charge on any atom is -0.496 e. The van der Waals surface area contributed by atoms with E-state index in [2.05, 4.69) is 5.32 Å². The molecule has 1 atom stereocenters.